The summed E-state index contributed by atoms with van der Waals surface area (Å²) in [6.45, 7) is 0.247. The minimum atomic E-state index is -3.34. The summed E-state index contributed by atoms with van der Waals surface area (Å²) in [7, 11) is -3.34. The van der Waals surface area contributed by atoms with Crippen LogP contribution in [0.25, 0.3) is 0 Å². The van der Waals surface area contributed by atoms with Gasteiger partial charge in [-0.05, 0) is 11.6 Å². The molecule has 1 N–H and O–H groups in total. The van der Waals surface area contributed by atoms with Crippen molar-refractivity contribution in [3.63, 3.8) is 0 Å². The van der Waals surface area contributed by atoms with Gasteiger partial charge < -0.3 is 0 Å². The summed E-state index contributed by atoms with van der Waals surface area (Å²) in [4.78, 5) is 0. The van der Waals surface area contributed by atoms with Crippen LogP contribution in [0.2, 0.25) is 0 Å². The van der Waals surface area contributed by atoms with Crippen LogP contribution in [0.5, 0.6) is 0 Å². The zero-order chi connectivity index (χ0) is 10.6. The lowest BCUT2D eigenvalue weighted by atomic mass is 10.2. The maximum absolute atomic E-state index is 11.0. The van der Waals surface area contributed by atoms with Crippen LogP contribution in [0.1, 0.15) is 5.56 Å². The SMILES string of the molecule is O=S(=O)(CCl)NCc1ccccc1Br. The van der Waals surface area contributed by atoms with E-state index >= 15 is 0 Å². The number of hydrogen-bond donors (Lipinski definition) is 1. The van der Waals surface area contributed by atoms with E-state index in [0.717, 1.165) is 10.0 Å². The van der Waals surface area contributed by atoms with Gasteiger partial charge in [0.05, 0.1) is 0 Å². The first-order valence-corrected chi connectivity index (χ1v) is 6.80. The third-order valence-electron chi connectivity index (χ3n) is 1.58. The second-order valence-electron chi connectivity index (χ2n) is 2.64. The second-order valence-corrected chi connectivity index (χ2v) is 5.88. The Morgan fingerprint density at radius 1 is 1.36 bits per heavy atom. The van der Waals surface area contributed by atoms with Crippen LogP contribution in [0, 0.1) is 0 Å². The molecule has 0 saturated heterocycles. The Balaban J connectivity index is 2.68. The second kappa shape index (κ2) is 5.11. The third kappa shape index (κ3) is 3.57. The Kier molecular flexibility index (Phi) is 4.37. The highest BCUT2D eigenvalue weighted by Crippen LogP contribution is 2.15. The highest BCUT2D eigenvalue weighted by molar-refractivity contribution is 9.10. The van der Waals surface area contributed by atoms with Gasteiger partial charge in [-0.25, -0.2) is 13.1 Å². The van der Waals surface area contributed by atoms with E-state index in [1.807, 2.05) is 24.3 Å². The van der Waals surface area contributed by atoms with Gasteiger partial charge in [0, 0.05) is 11.0 Å². The summed E-state index contributed by atoms with van der Waals surface area (Å²) in [6.07, 6.45) is 0. The van der Waals surface area contributed by atoms with Gasteiger partial charge in [-0.2, -0.15) is 0 Å². The number of sulfonamides is 1. The molecule has 1 rings (SSSR count). The topological polar surface area (TPSA) is 46.2 Å². The van der Waals surface area contributed by atoms with Gasteiger partial charge in [0.25, 0.3) is 0 Å². The van der Waals surface area contributed by atoms with E-state index in [1.165, 1.54) is 0 Å². The Hall–Kier alpha value is -0.100. The minimum Gasteiger partial charge on any atom is -0.211 e. The molecule has 0 saturated carbocycles. The van der Waals surface area contributed by atoms with Crippen molar-refractivity contribution < 1.29 is 8.42 Å². The predicted octanol–water partition coefficient (Wildman–Crippen LogP) is 2.06. The number of hydrogen-bond acceptors (Lipinski definition) is 2. The molecule has 6 heteroatoms. The maximum atomic E-state index is 11.0. The van der Waals surface area contributed by atoms with Crippen molar-refractivity contribution in [1.82, 2.24) is 4.72 Å². The lowest BCUT2D eigenvalue weighted by Crippen LogP contribution is -2.24. The van der Waals surface area contributed by atoms with Crippen LogP contribution < -0.4 is 4.72 Å². The maximum Gasteiger partial charge on any atom is 0.225 e. The Bertz CT molecular complexity index is 408. The fraction of sp³-hybridized carbons (Fsp3) is 0.250. The quantitative estimate of drug-likeness (QED) is 0.865. The molecule has 3 nitrogen and oxygen atoms in total. The van der Waals surface area contributed by atoms with Gasteiger partial charge in [-0.1, -0.05) is 34.1 Å². The number of rotatable bonds is 4. The molecule has 0 aliphatic heterocycles. The number of benzene rings is 1. The molecule has 0 radical (unpaired) electrons. The van der Waals surface area contributed by atoms with Crippen molar-refractivity contribution in [2.75, 3.05) is 5.21 Å². The third-order valence-corrected chi connectivity index (χ3v) is 4.09. The molecular formula is C8H9BrClNO2S. The number of alkyl halides is 1. The molecule has 0 bridgehead atoms. The normalized spacial score (nSPS) is 11.6. The minimum absolute atomic E-state index is 0.247. The van der Waals surface area contributed by atoms with Crippen molar-refractivity contribution in [3.05, 3.63) is 34.3 Å². The first-order chi connectivity index (χ1) is 6.55. The standard InChI is InChI=1S/C8H9BrClNO2S/c9-8-4-2-1-3-7(8)5-11-14(12,13)6-10/h1-4,11H,5-6H2. The van der Waals surface area contributed by atoms with Crippen molar-refractivity contribution in [2.24, 2.45) is 0 Å². The summed E-state index contributed by atoms with van der Waals surface area (Å²) in [5.41, 5.74) is 0.876. The molecule has 1 aromatic rings. The summed E-state index contributed by atoms with van der Waals surface area (Å²) < 4.78 is 25.3. The Morgan fingerprint density at radius 3 is 2.57 bits per heavy atom. The zero-order valence-corrected chi connectivity index (χ0v) is 10.4. The average molecular weight is 299 g/mol. The molecule has 78 valence electrons. The molecule has 0 unspecified atom stereocenters. The van der Waals surface area contributed by atoms with E-state index in [4.69, 9.17) is 11.6 Å². The van der Waals surface area contributed by atoms with Gasteiger partial charge in [0.15, 0.2) is 0 Å². The first kappa shape index (κ1) is 12.0. The van der Waals surface area contributed by atoms with Crippen LogP contribution in [-0.4, -0.2) is 13.6 Å². The smallest absolute Gasteiger partial charge is 0.211 e. The monoisotopic (exact) mass is 297 g/mol. The average Bonchev–Trinajstić information content (AvgIpc) is 2.17. The van der Waals surface area contributed by atoms with E-state index in [0.29, 0.717) is 0 Å². The van der Waals surface area contributed by atoms with E-state index in [-0.39, 0.29) is 6.54 Å². The summed E-state index contributed by atoms with van der Waals surface area (Å²) >= 11 is 8.56. The largest absolute Gasteiger partial charge is 0.225 e. The van der Waals surface area contributed by atoms with E-state index in [9.17, 15) is 8.42 Å². The van der Waals surface area contributed by atoms with Crippen LogP contribution >= 0.6 is 27.5 Å². The molecule has 0 aliphatic rings. The van der Waals surface area contributed by atoms with E-state index in [2.05, 4.69) is 20.7 Å². The fourth-order valence-corrected chi connectivity index (χ4v) is 1.98. The summed E-state index contributed by atoms with van der Waals surface area (Å²) in [5, 5.41) is -0.419. The zero-order valence-electron chi connectivity index (χ0n) is 7.20. The van der Waals surface area contributed by atoms with Gasteiger partial charge in [-0.15, -0.1) is 11.6 Å². The predicted molar refractivity (Wildman–Crippen MR) is 60.6 cm³/mol. The lowest BCUT2D eigenvalue weighted by molar-refractivity contribution is 0.586. The van der Waals surface area contributed by atoms with Crippen molar-refractivity contribution in [2.45, 2.75) is 6.54 Å². The van der Waals surface area contributed by atoms with Crippen LogP contribution in [0.3, 0.4) is 0 Å². The molecule has 1 aromatic carbocycles. The summed E-state index contributed by atoms with van der Waals surface area (Å²) in [5.74, 6) is 0. The highest BCUT2D eigenvalue weighted by atomic mass is 79.9. The van der Waals surface area contributed by atoms with Crippen molar-refractivity contribution in [3.8, 4) is 0 Å². The fourth-order valence-electron chi connectivity index (χ4n) is 0.868. The molecule has 0 fully saturated rings. The summed E-state index contributed by atoms with van der Waals surface area (Å²) in [6, 6.07) is 7.39. The van der Waals surface area contributed by atoms with Crippen LogP contribution in [-0.2, 0) is 16.6 Å². The number of halogens is 2. The number of nitrogens with one attached hydrogen (secondary N) is 1. The van der Waals surface area contributed by atoms with Crippen LogP contribution in [0.15, 0.2) is 28.7 Å². The van der Waals surface area contributed by atoms with Gasteiger partial charge in [0.1, 0.15) is 5.21 Å². The van der Waals surface area contributed by atoms with Gasteiger partial charge in [0.2, 0.25) is 10.0 Å². The molecular weight excluding hydrogens is 290 g/mol. The van der Waals surface area contributed by atoms with E-state index in [1.54, 1.807) is 0 Å². The van der Waals surface area contributed by atoms with E-state index < -0.39 is 15.2 Å². The van der Waals surface area contributed by atoms with Crippen molar-refractivity contribution in [1.29, 1.82) is 0 Å². The first-order valence-electron chi connectivity index (χ1n) is 3.82. The highest BCUT2D eigenvalue weighted by Gasteiger charge is 2.07. The van der Waals surface area contributed by atoms with Crippen molar-refractivity contribution >= 4 is 37.6 Å². The molecule has 14 heavy (non-hydrogen) atoms. The van der Waals surface area contributed by atoms with Gasteiger partial charge in [-0.3, -0.25) is 0 Å². The van der Waals surface area contributed by atoms with Gasteiger partial charge >= 0.3 is 0 Å². The lowest BCUT2D eigenvalue weighted by Gasteiger charge is -2.05. The Morgan fingerprint density at radius 2 is 2.00 bits per heavy atom. The molecule has 0 aromatic heterocycles. The van der Waals surface area contributed by atoms with Crippen LogP contribution in [0.4, 0.5) is 0 Å². The molecule has 0 spiro atoms. The molecule has 0 amide bonds. The molecule has 0 aliphatic carbocycles. The Labute approximate surface area is 96.6 Å². The molecule has 0 heterocycles. The molecule has 0 atom stereocenters.